The summed E-state index contributed by atoms with van der Waals surface area (Å²) in [5.41, 5.74) is 3.75. The quantitative estimate of drug-likeness (QED) is 0.537. The molecule has 136 valence electrons. The van der Waals surface area contributed by atoms with Gasteiger partial charge in [-0.2, -0.15) is 0 Å². The minimum absolute atomic E-state index is 0.000786. The van der Waals surface area contributed by atoms with Crippen LogP contribution < -0.4 is 0 Å². The first-order valence-electron chi connectivity index (χ1n) is 8.53. The minimum atomic E-state index is -0.499. The number of aromatic hydroxyl groups is 1. The maximum atomic E-state index is 11.5. The fourth-order valence-electron chi connectivity index (χ4n) is 3.06. The number of aliphatic imine (C=N–C) groups is 1. The van der Waals surface area contributed by atoms with E-state index in [1.807, 2.05) is 48.5 Å². The van der Waals surface area contributed by atoms with Crippen molar-refractivity contribution < 1.29 is 19.5 Å². The third-order valence-corrected chi connectivity index (χ3v) is 4.18. The van der Waals surface area contributed by atoms with E-state index < -0.39 is 5.97 Å². The zero-order valence-corrected chi connectivity index (χ0v) is 14.6. The van der Waals surface area contributed by atoms with Crippen LogP contribution in [0.1, 0.15) is 18.1 Å². The molecule has 4 rings (SSSR count). The predicted molar refractivity (Wildman–Crippen MR) is 102 cm³/mol. The lowest BCUT2D eigenvalue weighted by molar-refractivity contribution is -0.148. The number of H-pyrrole nitrogens is 1. The molecule has 1 aromatic heterocycles. The molecule has 0 radical (unpaired) electrons. The van der Waals surface area contributed by atoms with Gasteiger partial charge in [0.1, 0.15) is 11.4 Å². The maximum absolute atomic E-state index is 11.5. The average molecular weight is 363 g/mol. The van der Waals surface area contributed by atoms with Crippen LogP contribution in [0.4, 0.5) is 5.69 Å². The molecule has 0 spiro atoms. The predicted octanol–water partition coefficient (Wildman–Crippen LogP) is 3.29. The highest BCUT2D eigenvalue weighted by molar-refractivity contribution is 6.58. The molecule has 27 heavy (non-hydrogen) atoms. The van der Waals surface area contributed by atoms with Crippen molar-refractivity contribution in [2.45, 2.75) is 6.92 Å². The average Bonchev–Trinajstić information content (AvgIpc) is 3.18. The molecule has 0 atom stereocenters. The van der Waals surface area contributed by atoms with Crippen molar-refractivity contribution in [2.75, 3.05) is 13.2 Å². The summed E-state index contributed by atoms with van der Waals surface area (Å²) in [4.78, 5) is 24.3. The van der Waals surface area contributed by atoms with Crippen LogP contribution in [-0.2, 0) is 14.4 Å². The van der Waals surface area contributed by atoms with E-state index in [4.69, 9.17) is 9.57 Å². The standard InChI is InChI=1S/C20H17N3O4/c1-2-26-16(24)11-27-23-18-13-8-4-6-10-15(13)21-19(18)17-12-7-3-5-9-14(12)22-20(17)25/h3-10,22,25H,2,11H2,1H3/b23-18+. The number of nitrogens with one attached hydrogen (secondary N) is 1. The van der Waals surface area contributed by atoms with Crippen molar-refractivity contribution in [2.24, 2.45) is 10.1 Å². The third kappa shape index (κ3) is 3.03. The summed E-state index contributed by atoms with van der Waals surface area (Å²) in [6.07, 6.45) is 0. The van der Waals surface area contributed by atoms with Crippen LogP contribution >= 0.6 is 0 Å². The molecule has 2 heterocycles. The first-order chi connectivity index (χ1) is 13.2. The van der Waals surface area contributed by atoms with Gasteiger partial charge >= 0.3 is 5.97 Å². The number of nitrogens with zero attached hydrogens (tertiary/aromatic N) is 2. The Labute approximate surface area is 154 Å². The van der Waals surface area contributed by atoms with Gasteiger partial charge in [-0.3, -0.25) is 0 Å². The van der Waals surface area contributed by atoms with Gasteiger partial charge < -0.3 is 19.7 Å². The van der Waals surface area contributed by atoms with Crippen LogP contribution in [0, 0.1) is 0 Å². The smallest absolute Gasteiger partial charge is 0.347 e. The van der Waals surface area contributed by atoms with E-state index >= 15 is 0 Å². The van der Waals surface area contributed by atoms with Gasteiger partial charge in [-0.05, 0) is 19.1 Å². The maximum Gasteiger partial charge on any atom is 0.347 e. The number of oxime groups is 1. The number of rotatable bonds is 5. The molecule has 7 heteroatoms. The van der Waals surface area contributed by atoms with E-state index in [2.05, 4.69) is 15.1 Å². The second-order valence-electron chi connectivity index (χ2n) is 5.89. The monoisotopic (exact) mass is 363 g/mol. The summed E-state index contributed by atoms with van der Waals surface area (Å²) in [6.45, 7) is 1.70. The van der Waals surface area contributed by atoms with E-state index in [0.717, 1.165) is 22.2 Å². The molecular weight excluding hydrogens is 346 g/mol. The van der Waals surface area contributed by atoms with Crippen LogP contribution in [0.3, 0.4) is 0 Å². The van der Waals surface area contributed by atoms with Gasteiger partial charge in [0.05, 0.1) is 17.9 Å². The summed E-state index contributed by atoms with van der Waals surface area (Å²) < 4.78 is 4.84. The normalized spacial score (nSPS) is 14.3. The van der Waals surface area contributed by atoms with Crippen LogP contribution in [0.2, 0.25) is 0 Å². The Bertz CT molecular complexity index is 1080. The summed E-state index contributed by atoms with van der Waals surface area (Å²) in [5, 5.41) is 15.4. The van der Waals surface area contributed by atoms with Crippen molar-refractivity contribution in [1.82, 2.24) is 4.98 Å². The fourth-order valence-corrected chi connectivity index (χ4v) is 3.06. The number of aromatic nitrogens is 1. The Kier molecular flexibility index (Phi) is 4.33. The van der Waals surface area contributed by atoms with E-state index in [-0.39, 0.29) is 19.1 Å². The zero-order valence-electron chi connectivity index (χ0n) is 14.6. The van der Waals surface area contributed by atoms with Gasteiger partial charge in [0.15, 0.2) is 5.88 Å². The third-order valence-electron chi connectivity index (χ3n) is 4.18. The number of hydrogen-bond acceptors (Lipinski definition) is 6. The van der Waals surface area contributed by atoms with Crippen LogP contribution in [0.25, 0.3) is 10.9 Å². The Balaban J connectivity index is 1.76. The molecule has 1 aliphatic rings. The molecule has 2 N–H and O–H groups in total. The van der Waals surface area contributed by atoms with Crippen molar-refractivity contribution in [3.8, 4) is 5.88 Å². The SMILES string of the molecule is CCOC(=O)CO/N=C1/C(c2c(O)[nH]c3ccccc23)=Nc2ccccc21. The van der Waals surface area contributed by atoms with E-state index in [9.17, 15) is 9.90 Å². The molecule has 0 unspecified atom stereocenters. The van der Waals surface area contributed by atoms with Crippen molar-refractivity contribution in [3.63, 3.8) is 0 Å². The zero-order chi connectivity index (χ0) is 18.8. The van der Waals surface area contributed by atoms with E-state index in [0.29, 0.717) is 17.0 Å². The Morgan fingerprint density at radius 3 is 2.81 bits per heavy atom. The van der Waals surface area contributed by atoms with Gasteiger partial charge in [-0.1, -0.05) is 41.6 Å². The molecule has 7 nitrogen and oxygen atoms in total. The van der Waals surface area contributed by atoms with Gasteiger partial charge in [0.2, 0.25) is 6.61 Å². The summed E-state index contributed by atoms with van der Waals surface area (Å²) in [6, 6.07) is 15.0. The first-order valence-corrected chi connectivity index (χ1v) is 8.53. The van der Waals surface area contributed by atoms with E-state index in [1.165, 1.54) is 0 Å². The molecule has 0 fully saturated rings. The second kappa shape index (κ2) is 6.95. The summed E-state index contributed by atoms with van der Waals surface area (Å²) >= 11 is 0. The lowest BCUT2D eigenvalue weighted by atomic mass is 10.0. The Hall–Kier alpha value is -3.61. The van der Waals surface area contributed by atoms with Crippen molar-refractivity contribution >= 4 is 34.0 Å². The van der Waals surface area contributed by atoms with Crippen molar-refractivity contribution in [1.29, 1.82) is 0 Å². The number of carbonyl (C=O) groups is 1. The highest BCUT2D eigenvalue weighted by Crippen LogP contribution is 2.35. The highest BCUT2D eigenvalue weighted by atomic mass is 16.7. The number of carbonyl (C=O) groups excluding carboxylic acids is 1. The molecular formula is C20H17N3O4. The molecule has 0 aliphatic carbocycles. The molecule has 0 amide bonds. The minimum Gasteiger partial charge on any atom is -0.494 e. The van der Waals surface area contributed by atoms with Gasteiger partial charge in [0.25, 0.3) is 0 Å². The highest BCUT2D eigenvalue weighted by Gasteiger charge is 2.29. The lowest BCUT2D eigenvalue weighted by Gasteiger charge is -2.05. The molecule has 0 saturated heterocycles. The van der Waals surface area contributed by atoms with E-state index in [1.54, 1.807) is 6.92 Å². The van der Waals surface area contributed by atoms with Gasteiger partial charge in [-0.25, -0.2) is 9.79 Å². The largest absolute Gasteiger partial charge is 0.494 e. The summed E-state index contributed by atoms with van der Waals surface area (Å²) in [7, 11) is 0. The number of ether oxygens (including phenoxy) is 1. The molecule has 2 aromatic carbocycles. The topological polar surface area (TPSA) is 96.3 Å². The number of benzene rings is 2. The number of hydrogen-bond donors (Lipinski definition) is 2. The molecule has 3 aromatic rings. The Morgan fingerprint density at radius 1 is 1.19 bits per heavy atom. The first kappa shape index (κ1) is 16.8. The Morgan fingerprint density at radius 2 is 1.96 bits per heavy atom. The number of esters is 1. The van der Waals surface area contributed by atoms with Crippen LogP contribution in [-0.4, -0.2) is 40.7 Å². The summed E-state index contributed by atoms with van der Waals surface area (Å²) in [5.74, 6) is -0.498. The van der Waals surface area contributed by atoms with Gasteiger partial charge in [0, 0.05) is 16.5 Å². The molecule has 1 aliphatic heterocycles. The van der Waals surface area contributed by atoms with Gasteiger partial charge in [-0.15, -0.1) is 0 Å². The number of fused-ring (bicyclic) bond motifs is 2. The second-order valence-corrected chi connectivity index (χ2v) is 5.89. The lowest BCUT2D eigenvalue weighted by Crippen LogP contribution is -2.16. The number of para-hydroxylation sites is 2. The van der Waals surface area contributed by atoms with Crippen molar-refractivity contribution in [3.05, 3.63) is 59.7 Å². The molecule has 0 saturated carbocycles. The van der Waals surface area contributed by atoms with Crippen LogP contribution in [0.15, 0.2) is 58.7 Å². The molecule has 0 bridgehead atoms. The number of aromatic amines is 1. The fraction of sp³-hybridized carbons (Fsp3) is 0.150. The van der Waals surface area contributed by atoms with Crippen LogP contribution in [0.5, 0.6) is 5.88 Å².